The maximum Gasteiger partial charge on any atom is 0.335 e. The molecule has 15 heavy (non-hydrogen) atoms. The number of esters is 1. The van der Waals surface area contributed by atoms with Crippen LogP contribution >= 0.6 is 0 Å². The molecule has 2 unspecified atom stereocenters. The van der Waals surface area contributed by atoms with Crippen molar-refractivity contribution in [1.82, 2.24) is 0 Å². The summed E-state index contributed by atoms with van der Waals surface area (Å²) in [7, 11) is 0. The number of hydrogen-bond acceptors (Lipinski definition) is 4. The molecule has 1 aliphatic heterocycles. The topological polar surface area (TPSA) is 44.8 Å². The predicted octanol–water partition coefficient (Wildman–Crippen LogP) is 1.52. The van der Waals surface area contributed by atoms with Crippen LogP contribution in [-0.2, 0) is 19.0 Å². The quantitative estimate of drug-likeness (QED) is 0.478. The smallest absolute Gasteiger partial charge is 0.335 e. The number of carbonyl (C=O) groups is 1. The number of carbonyl (C=O) groups excluding carboxylic acids is 1. The third kappa shape index (κ3) is 4.62. The van der Waals surface area contributed by atoms with Crippen LogP contribution in [0.3, 0.4) is 0 Å². The Morgan fingerprint density at radius 2 is 2.33 bits per heavy atom. The molecule has 1 aliphatic rings. The van der Waals surface area contributed by atoms with Gasteiger partial charge in [-0.15, -0.1) is 0 Å². The van der Waals surface area contributed by atoms with Crippen molar-refractivity contribution in [2.24, 2.45) is 0 Å². The van der Waals surface area contributed by atoms with Gasteiger partial charge in [0.25, 0.3) is 0 Å². The number of hydrogen-bond donors (Lipinski definition) is 0. The van der Waals surface area contributed by atoms with Crippen LogP contribution in [0, 0.1) is 0 Å². The minimum atomic E-state index is -0.339. The van der Waals surface area contributed by atoms with E-state index >= 15 is 0 Å². The van der Waals surface area contributed by atoms with E-state index in [1.807, 2.05) is 0 Å². The first-order valence-electron chi connectivity index (χ1n) is 5.64. The molecule has 1 rings (SSSR count). The highest BCUT2D eigenvalue weighted by molar-refractivity contribution is 5.76. The van der Waals surface area contributed by atoms with Crippen molar-refractivity contribution in [3.63, 3.8) is 0 Å². The summed E-state index contributed by atoms with van der Waals surface area (Å²) in [6, 6.07) is 0. The largest absolute Gasteiger partial charge is 0.464 e. The molecule has 0 aliphatic carbocycles. The van der Waals surface area contributed by atoms with Crippen LogP contribution in [0.1, 0.15) is 33.1 Å². The monoisotopic (exact) mass is 216 g/mol. The molecule has 1 heterocycles. The normalized spacial score (nSPS) is 22.8. The number of ether oxygens (including phenoxy) is 3. The van der Waals surface area contributed by atoms with E-state index in [0.29, 0.717) is 32.3 Å². The molecule has 0 saturated carbocycles. The van der Waals surface area contributed by atoms with Gasteiger partial charge in [-0.3, -0.25) is 0 Å². The Bertz CT molecular complexity index is 193. The van der Waals surface area contributed by atoms with E-state index in [1.165, 1.54) is 0 Å². The summed E-state index contributed by atoms with van der Waals surface area (Å²) in [6.45, 7) is 5.89. The lowest BCUT2D eigenvalue weighted by Crippen LogP contribution is -2.20. The Balaban J connectivity index is 1.95. The highest BCUT2D eigenvalue weighted by atomic mass is 16.6. The average molecular weight is 216 g/mol. The summed E-state index contributed by atoms with van der Waals surface area (Å²) in [4.78, 5) is 11.0. The van der Waals surface area contributed by atoms with Gasteiger partial charge < -0.3 is 14.2 Å². The molecule has 0 aromatic carbocycles. The van der Waals surface area contributed by atoms with Crippen molar-refractivity contribution in [3.8, 4) is 0 Å². The summed E-state index contributed by atoms with van der Waals surface area (Å²) in [6.07, 6.45) is 2.50. The van der Waals surface area contributed by atoms with Crippen LogP contribution in [0.4, 0.5) is 0 Å². The molecule has 4 heteroatoms. The molecule has 2 atom stereocenters. The Labute approximate surface area is 90.9 Å². The Morgan fingerprint density at radius 3 is 2.93 bits per heavy atom. The molecule has 88 valence electrons. The van der Waals surface area contributed by atoms with E-state index in [9.17, 15) is 4.79 Å². The number of rotatable bonds is 7. The SMILES string of the molecule is CCC(C)OCCCOC1CCOC1=O. The molecule has 1 saturated heterocycles. The molecular formula is C11H20O4. The first kappa shape index (κ1) is 12.5. The van der Waals surface area contributed by atoms with Gasteiger partial charge in [0.15, 0.2) is 6.10 Å². The van der Waals surface area contributed by atoms with Gasteiger partial charge in [-0.2, -0.15) is 0 Å². The van der Waals surface area contributed by atoms with Crippen molar-refractivity contribution in [1.29, 1.82) is 0 Å². The lowest BCUT2D eigenvalue weighted by molar-refractivity contribution is -0.147. The fraction of sp³-hybridized carbons (Fsp3) is 0.909. The van der Waals surface area contributed by atoms with Gasteiger partial charge in [-0.05, 0) is 19.8 Å². The van der Waals surface area contributed by atoms with E-state index in [2.05, 4.69) is 13.8 Å². The van der Waals surface area contributed by atoms with E-state index in [0.717, 1.165) is 12.8 Å². The van der Waals surface area contributed by atoms with Crippen LogP contribution in [0.15, 0.2) is 0 Å². The summed E-state index contributed by atoms with van der Waals surface area (Å²) in [5.41, 5.74) is 0. The Kier molecular flexibility index (Phi) is 5.65. The molecule has 0 spiro atoms. The molecule has 4 nitrogen and oxygen atoms in total. The molecule has 1 fully saturated rings. The lowest BCUT2D eigenvalue weighted by Gasteiger charge is -2.11. The van der Waals surface area contributed by atoms with E-state index in [1.54, 1.807) is 0 Å². The van der Waals surface area contributed by atoms with Crippen LogP contribution in [0.2, 0.25) is 0 Å². The third-order valence-electron chi connectivity index (χ3n) is 2.47. The minimum absolute atomic E-state index is 0.224. The van der Waals surface area contributed by atoms with Crippen molar-refractivity contribution in [2.75, 3.05) is 19.8 Å². The van der Waals surface area contributed by atoms with Crippen molar-refractivity contribution < 1.29 is 19.0 Å². The fourth-order valence-corrected chi connectivity index (χ4v) is 1.32. The maximum atomic E-state index is 11.0. The standard InChI is InChI=1S/C11H20O4/c1-3-9(2)13-6-4-7-14-10-5-8-15-11(10)12/h9-10H,3-8H2,1-2H3. The van der Waals surface area contributed by atoms with Crippen LogP contribution < -0.4 is 0 Å². The molecule has 0 N–H and O–H groups in total. The summed E-state index contributed by atoms with van der Waals surface area (Å²) in [5, 5.41) is 0. The molecule has 0 radical (unpaired) electrons. The van der Waals surface area contributed by atoms with Crippen molar-refractivity contribution >= 4 is 5.97 Å². The lowest BCUT2D eigenvalue weighted by atomic mass is 10.3. The molecular weight excluding hydrogens is 196 g/mol. The highest BCUT2D eigenvalue weighted by Crippen LogP contribution is 2.10. The van der Waals surface area contributed by atoms with Crippen molar-refractivity contribution in [3.05, 3.63) is 0 Å². The zero-order chi connectivity index (χ0) is 11.1. The molecule has 0 aromatic rings. The van der Waals surface area contributed by atoms with Gasteiger partial charge in [-0.25, -0.2) is 4.79 Å². The van der Waals surface area contributed by atoms with E-state index in [-0.39, 0.29) is 12.1 Å². The number of cyclic esters (lactones) is 1. The van der Waals surface area contributed by atoms with E-state index < -0.39 is 0 Å². The second kappa shape index (κ2) is 6.80. The Hall–Kier alpha value is -0.610. The first-order valence-corrected chi connectivity index (χ1v) is 5.64. The van der Waals surface area contributed by atoms with Gasteiger partial charge >= 0.3 is 5.97 Å². The summed E-state index contributed by atoms with van der Waals surface area (Å²) >= 11 is 0. The summed E-state index contributed by atoms with van der Waals surface area (Å²) < 4.78 is 15.6. The Morgan fingerprint density at radius 1 is 1.53 bits per heavy atom. The maximum absolute atomic E-state index is 11.0. The summed E-state index contributed by atoms with van der Waals surface area (Å²) in [5.74, 6) is -0.224. The molecule has 0 amide bonds. The van der Waals surface area contributed by atoms with Crippen LogP contribution in [0.5, 0.6) is 0 Å². The van der Waals surface area contributed by atoms with E-state index in [4.69, 9.17) is 14.2 Å². The minimum Gasteiger partial charge on any atom is -0.464 e. The highest BCUT2D eigenvalue weighted by Gasteiger charge is 2.26. The zero-order valence-corrected chi connectivity index (χ0v) is 9.53. The first-order chi connectivity index (χ1) is 7.24. The fourth-order valence-electron chi connectivity index (χ4n) is 1.32. The average Bonchev–Trinajstić information content (AvgIpc) is 2.63. The van der Waals surface area contributed by atoms with Crippen LogP contribution in [0.25, 0.3) is 0 Å². The van der Waals surface area contributed by atoms with Crippen molar-refractivity contribution in [2.45, 2.75) is 45.3 Å². The van der Waals surface area contributed by atoms with Gasteiger partial charge in [0.05, 0.1) is 12.7 Å². The van der Waals surface area contributed by atoms with Gasteiger partial charge in [0.2, 0.25) is 0 Å². The second-order valence-corrected chi connectivity index (χ2v) is 3.76. The van der Waals surface area contributed by atoms with Gasteiger partial charge in [-0.1, -0.05) is 6.92 Å². The zero-order valence-electron chi connectivity index (χ0n) is 9.53. The second-order valence-electron chi connectivity index (χ2n) is 3.76. The van der Waals surface area contributed by atoms with Crippen LogP contribution in [-0.4, -0.2) is 38.0 Å². The molecule has 0 aromatic heterocycles. The van der Waals surface area contributed by atoms with Gasteiger partial charge in [0, 0.05) is 19.6 Å². The predicted molar refractivity (Wildman–Crippen MR) is 55.6 cm³/mol. The third-order valence-corrected chi connectivity index (χ3v) is 2.47. The van der Waals surface area contributed by atoms with Gasteiger partial charge in [0.1, 0.15) is 0 Å². The molecule has 0 bridgehead atoms.